The Bertz CT molecular complexity index is 891. The van der Waals surface area contributed by atoms with Gasteiger partial charge in [0.25, 0.3) is 0 Å². The third kappa shape index (κ3) is 4.24. The van der Waals surface area contributed by atoms with Gasteiger partial charge in [0.15, 0.2) is 11.5 Å². The van der Waals surface area contributed by atoms with Crippen molar-refractivity contribution in [3.8, 4) is 11.5 Å². The number of imidazole rings is 1. The van der Waals surface area contributed by atoms with Crippen LogP contribution >= 0.6 is 0 Å². The van der Waals surface area contributed by atoms with Gasteiger partial charge in [0.1, 0.15) is 0 Å². The molecule has 1 aromatic heterocycles. The van der Waals surface area contributed by atoms with Crippen LogP contribution in [-0.4, -0.2) is 36.3 Å². The lowest BCUT2D eigenvalue weighted by Crippen LogP contribution is -2.30. The first-order chi connectivity index (χ1) is 12.7. The fourth-order valence-electron chi connectivity index (χ4n) is 2.65. The Morgan fingerprint density at radius 1 is 1.19 bits per heavy atom. The predicted molar refractivity (Wildman–Crippen MR) is 101 cm³/mol. The number of hydrogen-bond donors (Lipinski definition) is 3. The summed E-state index contributed by atoms with van der Waals surface area (Å²) in [6.07, 6.45) is 2.31. The molecule has 0 saturated heterocycles. The first-order valence-corrected chi connectivity index (χ1v) is 8.47. The number of aromatic amines is 1. The quantitative estimate of drug-likeness (QED) is 0.607. The van der Waals surface area contributed by atoms with Gasteiger partial charge in [-0.05, 0) is 49.2 Å². The molecule has 0 fully saturated rings. The van der Waals surface area contributed by atoms with Gasteiger partial charge in [-0.2, -0.15) is 0 Å². The monoisotopic (exact) mass is 354 g/mol. The molecule has 7 nitrogen and oxygen atoms in total. The largest absolute Gasteiger partial charge is 0.493 e. The standard InChI is InChI=1S/C19H22N4O3/c1-3-26-17-7-4-13(10-18(17)25-2)8-9-20-19(24)23-14-5-6-15-16(11-14)22-12-21-15/h4-7,10-12H,3,8-9H2,1-2H3,(H,21,22)(H2,20,23,24). The van der Waals surface area contributed by atoms with Crippen molar-refractivity contribution in [1.29, 1.82) is 0 Å². The van der Waals surface area contributed by atoms with Gasteiger partial charge < -0.3 is 25.1 Å². The number of hydrogen-bond acceptors (Lipinski definition) is 4. The van der Waals surface area contributed by atoms with Crippen LogP contribution < -0.4 is 20.1 Å². The molecule has 3 aromatic rings. The van der Waals surface area contributed by atoms with Crippen LogP contribution in [0.15, 0.2) is 42.7 Å². The SMILES string of the molecule is CCOc1ccc(CCNC(=O)Nc2ccc3nc[nH]c3c2)cc1OC. The maximum atomic E-state index is 12.0. The number of methoxy groups -OCH3 is 1. The van der Waals surface area contributed by atoms with Crippen LogP contribution in [0.5, 0.6) is 11.5 Å². The molecule has 0 aliphatic carbocycles. The Morgan fingerprint density at radius 3 is 2.88 bits per heavy atom. The van der Waals surface area contributed by atoms with Crippen LogP contribution in [0.25, 0.3) is 11.0 Å². The molecule has 0 saturated carbocycles. The highest BCUT2D eigenvalue weighted by Crippen LogP contribution is 2.28. The molecule has 2 amide bonds. The number of H-pyrrole nitrogens is 1. The first-order valence-electron chi connectivity index (χ1n) is 8.47. The second-order valence-corrected chi connectivity index (χ2v) is 5.68. The number of nitrogens with zero attached hydrogens (tertiary/aromatic N) is 1. The lowest BCUT2D eigenvalue weighted by Gasteiger charge is -2.11. The molecule has 0 unspecified atom stereocenters. The number of anilines is 1. The molecule has 2 aromatic carbocycles. The van der Waals surface area contributed by atoms with Crippen LogP contribution in [0.3, 0.4) is 0 Å². The van der Waals surface area contributed by atoms with Crippen LogP contribution in [0.4, 0.5) is 10.5 Å². The summed E-state index contributed by atoms with van der Waals surface area (Å²) in [6.45, 7) is 3.02. The molecular formula is C19H22N4O3. The highest BCUT2D eigenvalue weighted by Gasteiger charge is 2.07. The van der Waals surface area contributed by atoms with Gasteiger partial charge in [-0.1, -0.05) is 6.07 Å². The van der Waals surface area contributed by atoms with E-state index < -0.39 is 0 Å². The number of rotatable bonds is 7. The van der Waals surface area contributed by atoms with E-state index in [1.165, 1.54) is 0 Å². The maximum absolute atomic E-state index is 12.0. The van der Waals surface area contributed by atoms with E-state index in [1.807, 2.05) is 43.3 Å². The van der Waals surface area contributed by atoms with E-state index in [-0.39, 0.29) is 6.03 Å². The van der Waals surface area contributed by atoms with E-state index in [2.05, 4.69) is 20.6 Å². The lowest BCUT2D eigenvalue weighted by atomic mass is 10.1. The summed E-state index contributed by atoms with van der Waals surface area (Å²) in [4.78, 5) is 19.2. The zero-order valence-electron chi connectivity index (χ0n) is 14.8. The Balaban J connectivity index is 1.51. The minimum Gasteiger partial charge on any atom is -0.493 e. The van der Waals surface area contributed by atoms with Crippen molar-refractivity contribution in [3.05, 3.63) is 48.3 Å². The number of carbonyl (C=O) groups is 1. The molecule has 26 heavy (non-hydrogen) atoms. The number of fused-ring (bicyclic) bond motifs is 1. The van der Waals surface area contributed by atoms with Crippen molar-refractivity contribution in [2.45, 2.75) is 13.3 Å². The van der Waals surface area contributed by atoms with Crippen molar-refractivity contribution in [2.24, 2.45) is 0 Å². The van der Waals surface area contributed by atoms with Crippen LogP contribution in [-0.2, 0) is 6.42 Å². The second-order valence-electron chi connectivity index (χ2n) is 5.68. The third-order valence-corrected chi connectivity index (χ3v) is 3.91. The smallest absolute Gasteiger partial charge is 0.319 e. The molecule has 0 aliphatic rings. The Kier molecular flexibility index (Phi) is 5.58. The Morgan fingerprint density at radius 2 is 2.08 bits per heavy atom. The second kappa shape index (κ2) is 8.24. The number of nitrogens with one attached hydrogen (secondary N) is 3. The molecule has 0 bridgehead atoms. The number of urea groups is 1. The Hall–Kier alpha value is -3.22. The van der Waals surface area contributed by atoms with Crippen LogP contribution in [0.1, 0.15) is 12.5 Å². The minimum atomic E-state index is -0.248. The molecular weight excluding hydrogens is 332 g/mol. The number of aromatic nitrogens is 2. The van der Waals surface area contributed by atoms with Crippen molar-refractivity contribution in [2.75, 3.05) is 25.6 Å². The molecule has 136 valence electrons. The van der Waals surface area contributed by atoms with Crippen LogP contribution in [0.2, 0.25) is 0 Å². The molecule has 3 rings (SSSR count). The number of ether oxygens (including phenoxy) is 2. The lowest BCUT2D eigenvalue weighted by molar-refractivity contribution is 0.252. The zero-order valence-corrected chi connectivity index (χ0v) is 14.8. The van der Waals surface area contributed by atoms with Gasteiger partial charge >= 0.3 is 6.03 Å². The summed E-state index contributed by atoms with van der Waals surface area (Å²) in [5, 5.41) is 5.67. The number of benzene rings is 2. The average molecular weight is 354 g/mol. The number of amides is 2. The summed E-state index contributed by atoms with van der Waals surface area (Å²) in [6, 6.07) is 11.1. The summed E-state index contributed by atoms with van der Waals surface area (Å²) in [7, 11) is 1.61. The zero-order chi connectivity index (χ0) is 18.4. The van der Waals surface area contributed by atoms with E-state index in [1.54, 1.807) is 13.4 Å². The van der Waals surface area contributed by atoms with Crippen molar-refractivity contribution < 1.29 is 14.3 Å². The van der Waals surface area contributed by atoms with Gasteiger partial charge in [-0.3, -0.25) is 0 Å². The minimum absolute atomic E-state index is 0.248. The Labute approximate surface area is 151 Å². The molecule has 1 heterocycles. The molecule has 0 spiro atoms. The fourth-order valence-corrected chi connectivity index (χ4v) is 2.65. The van der Waals surface area contributed by atoms with Crippen molar-refractivity contribution >= 4 is 22.8 Å². The summed E-state index contributed by atoms with van der Waals surface area (Å²) < 4.78 is 10.8. The molecule has 3 N–H and O–H groups in total. The molecule has 0 atom stereocenters. The molecule has 7 heteroatoms. The fraction of sp³-hybridized carbons (Fsp3) is 0.263. The molecule has 0 aliphatic heterocycles. The maximum Gasteiger partial charge on any atom is 0.319 e. The van der Waals surface area contributed by atoms with Crippen LogP contribution in [0, 0.1) is 0 Å². The van der Waals surface area contributed by atoms with Crippen molar-refractivity contribution in [1.82, 2.24) is 15.3 Å². The van der Waals surface area contributed by atoms with E-state index in [4.69, 9.17) is 9.47 Å². The highest BCUT2D eigenvalue weighted by molar-refractivity contribution is 5.91. The summed E-state index contributed by atoms with van der Waals surface area (Å²) in [5.74, 6) is 1.42. The van der Waals surface area contributed by atoms with Gasteiger partial charge in [0.2, 0.25) is 0 Å². The highest BCUT2D eigenvalue weighted by atomic mass is 16.5. The summed E-state index contributed by atoms with van der Waals surface area (Å²) in [5.41, 5.74) is 3.51. The van der Waals surface area contributed by atoms with Gasteiger partial charge in [-0.25, -0.2) is 9.78 Å². The van der Waals surface area contributed by atoms with Gasteiger partial charge in [0.05, 0.1) is 31.1 Å². The van der Waals surface area contributed by atoms with Gasteiger partial charge in [-0.15, -0.1) is 0 Å². The first kappa shape index (κ1) is 17.6. The summed E-state index contributed by atoms with van der Waals surface area (Å²) >= 11 is 0. The average Bonchev–Trinajstić information content (AvgIpc) is 3.10. The number of carbonyl (C=O) groups excluding carboxylic acids is 1. The van der Waals surface area contributed by atoms with E-state index in [0.29, 0.717) is 31.0 Å². The van der Waals surface area contributed by atoms with E-state index >= 15 is 0 Å². The van der Waals surface area contributed by atoms with E-state index in [9.17, 15) is 4.79 Å². The normalized spacial score (nSPS) is 10.5. The van der Waals surface area contributed by atoms with Gasteiger partial charge in [0, 0.05) is 12.2 Å². The van der Waals surface area contributed by atoms with E-state index in [0.717, 1.165) is 22.3 Å². The molecule has 0 radical (unpaired) electrons. The third-order valence-electron chi connectivity index (χ3n) is 3.91. The topological polar surface area (TPSA) is 88.3 Å². The van der Waals surface area contributed by atoms with Crippen molar-refractivity contribution in [3.63, 3.8) is 0 Å². The predicted octanol–water partition coefficient (Wildman–Crippen LogP) is 3.33.